The van der Waals surface area contributed by atoms with Gasteiger partial charge in [0.05, 0.1) is 31.0 Å². The first-order valence-corrected chi connectivity index (χ1v) is 26.3. The van der Waals surface area contributed by atoms with E-state index >= 15 is 0 Å². The number of rotatable bonds is 11. The van der Waals surface area contributed by atoms with Crippen molar-refractivity contribution in [2.45, 2.75) is 167 Å². The van der Waals surface area contributed by atoms with Gasteiger partial charge in [0.1, 0.15) is 43.4 Å². The number of ether oxygens (including phenoxy) is 8. The van der Waals surface area contributed by atoms with Crippen LogP contribution in [-0.2, 0) is 61.9 Å². The van der Waals surface area contributed by atoms with Crippen molar-refractivity contribution in [3.8, 4) is 0 Å². The molecule has 0 spiro atoms. The molecule has 4 bridgehead atoms. The maximum absolute atomic E-state index is 14.6. The fraction of sp³-hybridized carbons (Fsp3) is 0.714. The Morgan fingerprint density at radius 1 is 0.877 bits per heavy atom. The highest BCUT2D eigenvalue weighted by atomic mass is 16.7. The van der Waals surface area contributed by atoms with Crippen molar-refractivity contribution < 1.29 is 76.9 Å². The van der Waals surface area contributed by atoms with Crippen molar-refractivity contribution in [3.63, 3.8) is 0 Å². The molecule has 1 saturated carbocycles. The molecule has 0 aromatic heterocycles. The topological polar surface area (TPSA) is 220 Å². The molecule has 0 radical (unpaired) electrons. The van der Waals surface area contributed by atoms with Crippen LogP contribution < -0.4 is 0 Å². The van der Waals surface area contributed by atoms with Gasteiger partial charge < -0.3 is 53.0 Å². The maximum atomic E-state index is 14.6. The van der Waals surface area contributed by atoms with E-state index in [-0.39, 0.29) is 68.4 Å². The molecule has 2 N–H and O–H groups in total. The standard InChI is InChI=1S/C56H83NO16/c1-11-24-70-55(64)71-26-25-69-44-22-20-39(30-47(44)67-9)29-42-41-18-15-23-57-48(41)54(63)72-46(42)32-43(58)35(4)28-37(6)50(60)51(68-10)49(59)36(5)27-33(2)16-13-12-14-17-34(3)45(66-8)31-40-21-19-38(7)56(65,73-40)52(61)53(57)62/h11-14,16-17,28,33,35-36,38-42,44-48,50-51,60,65H,1,15,18-27,29-32H2,2-10H3/b14-12+,16-13+,34-17+,37-28+/t33-,35-,36-,38-,39+,40+,41?,42+,44-,45+,46+,47-,48+,50-,51+,56-/m1/s1. The largest absolute Gasteiger partial charge is 0.508 e. The average molecular weight is 1030 g/mol. The third-order valence-corrected chi connectivity index (χ3v) is 15.8. The normalized spacial score (nSPS) is 39.1. The maximum Gasteiger partial charge on any atom is 0.508 e. The Kier molecular flexibility index (Phi) is 22.8. The summed E-state index contributed by atoms with van der Waals surface area (Å²) < 4.78 is 45.9. The SMILES string of the molecule is C=CCOC(=O)OCCO[C@@H]1CC[C@@H](C[C@H]2C3CCCN4C(=O)C(=O)[C@]5(O)O[C@@H](CC[C@H]5C)C[C@H](OC)/C(C)=C/C=C/C=C/[C@@H](C)C[C@@H](C)C(=O)[C@H](OC)[C@H](O)/C(C)=C/[C@@H](C)C(=O)C[C@@H]2OC(=O)[C@H]34)C[C@H]1OC. The Balaban J connectivity index is 1.46. The second kappa shape index (κ2) is 28.0. The molecular formula is C56H83NO16. The minimum Gasteiger partial charge on any atom is -0.460 e. The van der Waals surface area contributed by atoms with Crippen molar-refractivity contribution in [3.05, 3.63) is 60.3 Å². The number of carbonyl (C=O) groups excluding carboxylic acids is 6. The summed E-state index contributed by atoms with van der Waals surface area (Å²) in [4.78, 5) is 84.6. The zero-order valence-electron chi connectivity index (χ0n) is 44.6. The first kappa shape index (κ1) is 59.5. The molecule has 4 heterocycles. The molecule has 4 fully saturated rings. The molecule has 0 aromatic rings. The number of hydrogen-bond donors (Lipinski definition) is 2. The van der Waals surface area contributed by atoms with Gasteiger partial charge in [-0.25, -0.2) is 9.59 Å². The van der Waals surface area contributed by atoms with Crippen LogP contribution in [0.2, 0.25) is 0 Å². The Morgan fingerprint density at radius 3 is 2.33 bits per heavy atom. The molecule has 73 heavy (non-hydrogen) atoms. The highest BCUT2D eigenvalue weighted by Crippen LogP contribution is 2.45. The minimum atomic E-state index is -2.46. The molecule has 0 aromatic carbocycles. The third kappa shape index (κ3) is 15.4. The number of esters is 1. The van der Waals surface area contributed by atoms with Gasteiger partial charge in [0.15, 0.2) is 5.78 Å². The number of Topliss-reactive ketones (excluding diaryl/α,β-unsaturated/α-hetero) is 3. The van der Waals surface area contributed by atoms with E-state index in [0.717, 1.165) is 5.57 Å². The van der Waals surface area contributed by atoms with Crippen LogP contribution in [-0.4, -0.2) is 153 Å². The summed E-state index contributed by atoms with van der Waals surface area (Å²) in [5.41, 5.74) is 1.25. The van der Waals surface area contributed by atoms with E-state index in [0.29, 0.717) is 69.8 Å². The van der Waals surface area contributed by atoms with Crippen molar-refractivity contribution in [1.29, 1.82) is 0 Å². The fourth-order valence-corrected chi connectivity index (χ4v) is 11.6. The lowest BCUT2D eigenvalue weighted by Gasteiger charge is -2.50. The van der Waals surface area contributed by atoms with Crippen molar-refractivity contribution in [2.75, 3.05) is 47.7 Å². The van der Waals surface area contributed by atoms with Gasteiger partial charge >= 0.3 is 12.1 Å². The summed E-state index contributed by atoms with van der Waals surface area (Å²) >= 11 is 0. The van der Waals surface area contributed by atoms with Crippen LogP contribution in [0.15, 0.2) is 60.3 Å². The summed E-state index contributed by atoms with van der Waals surface area (Å²) in [5.74, 6) is -8.76. The van der Waals surface area contributed by atoms with Gasteiger partial charge in [-0.1, -0.05) is 76.8 Å². The molecule has 4 aliphatic heterocycles. The first-order chi connectivity index (χ1) is 34.8. The van der Waals surface area contributed by atoms with Crippen LogP contribution in [0.3, 0.4) is 0 Å². The molecule has 1 amide bonds. The van der Waals surface area contributed by atoms with Crippen LogP contribution in [0.4, 0.5) is 4.79 Å². The number of allylic oxidation sites excluding steroid dienone is 6. The Labute approximate surface area is 432 Å². The predicted molar refractivity (Wildman–Crippen MR) is 270 cm³/mol. The quantitative estimate of drug-likeness (QED) is 0.0945. The fourth-order valence-electron chi connectivity index (χ4n) is 11.6. The van der Waals surface area contributed by atoms with E-state index in [4.69, 9.17) is 37.9 Å². The number of hydrogen-bond acceptors (Lipinski definition) is 16. The average Bonchev–Trinajstić information content (AvgIpc) is 3.37. The number of carbonyl (C=O) groups is 6. The van der Waals surface area contributed by atoms with Crippen molar-refractivity contribution in [2.24, 2.45) is 41.4 Å². The van der Waals surface area contributed by atoms with Gasteiger partial charge in [-0.3, -0.25) is 19.2 Å². The molecule has 1 aliphatic carbocycles. The number of nitrogens with zero attached hydrogens (tertiary/aromatic N) is 1. The molecule has 5 aliphatic rings. The first-order valence-electron chi connectivity index (χ1n) is 26.3. The summed E-state index contributed by atoms with van der Waals surface area (Å²) in [6, 6.07) is -1.16. The van der Waals surface area contributed by atoms with Crippen LogP contribution in [0.25, 0.3) is 0 Å². The van der Waals surface area contributed by atoms with Crippen molar-refractivity contribution >= 4 is 35.4 Å². The van der Waals surface area contributed by atoms with Crippen LogP contribution in [0, 0.1) is 41.4 Å². The van der Waals surface area contributed by atoms with E-state index < -0.39 is 95.8 Å². The van der Waals surface area contributed by atoms with Gasteiger partial charge in [0.25, 0.3) is 11.7 Å². The Bertz CT molecular complexity index is 2050. The van der Waals surface area contributed by atoms with Crippen molar-refractivity contribution in [1.82, 2.24) is 4.90 Å². The van der Waals surface area contributed by atoms with Crippen LogP contribution in [0.5, 0.6) is 0 Å². The van der Waals surface area contributed by atoms with Gasteiger partial charge in [-0.2, -0.15) is 0 Å². The second-order valence-corrected chi connectivity index (χ2v) is 21.1. The van der Waals surface area contributed by atoms with Gasteiger partial charge in [-0.15, -0.1) is 0 Å². The van der Waals surface area contributed by atoms with E-state index in [2.05, 4.69) is 6.58 Å². The number of ketones is 3. The Hall–Kier alpha value is -4.36. The number of aliphatic hydroxyl groups is 2. The molecule has 16 atom stereocenters. The molecule has 408 valence electrons. The highest BCUT2D eigenvalue weighted by molar-refractivity contribution is 6.39. The minimum absolute atomic E-state index is 0.00701. The number of fused-ring (bicyclic) bond motifs is 4. The van der Waals surface area contributed by atoms with E-state index in [9.17, 15) is 39.0 Å². The number of aliphatic hydroxyl groups excluding tert-OH is 1. The van der Waals surface area contributed by atoms with Gasteiger partial charge in [-0.05, 0) is 101 Å². The molecule has 17 heteroatoms. The van der Waals surface area contributed by atoms with E-state index in [1.54, 1.807) is 41.1 Å². The summed E-state index contributed by atoms with van der Waals surface area (Å²) in [6.07, 6.45) is 11.5. The molecule has 17 nitrogen and oxygen atoms in total. The van der Waals surface area contributed by atoms with Crippen LogP contribution in [0.1, 0.15) is 112 Å². The zero-order chi connectivity index (χ0) is 53.6. The highest BCUT2D eigenvalue weighted by Gasteiger charge is 2.57. The van der Waals surface area contributed by atoms with E-state index in [1.165, 1.54) is 18.1 Å². The Morgan fingerprint density at radius 2 is 1.63 bits per heavy atom. The van der Waals surface area contributed by atoms with Crippen LogP contribution >= 0.6 is 0 Å². The lowest BCUT2D eigenvalue weighted by atomic mass is 9.68. The second-order valence-electron chi connectivity index (χ2n) is 21.1. The van der Waals surface area contributed by atoms with Gasteiger partial charge in [0, 0.05) is 64.4 Å². The van der Waals surface area contributed by atoms with Gasteiger partial charge in [0.2, 0.25) is 5.79 Å². The third-order valence-electron chi connectivity index (χ3n) is 15.8. The smallest absolute Gasteiger partial charge is 0.460 e. The zero-order valence-corrected chi connectivity index (χ0v) is 44.6. The molecule has 3 saturated heterocycles. The number of methoxy groups -OCH3 is 3. The van der Waals surface area contributed by atoms with E-state index in [1.807, 2.05) is 51.2 Å². The number of piperidine rings is 1. The lowest BCUT2D eigenvalue weighted by Crippen LogP contribution is -2.65. The molecule has 1 unspecified atom stereocenters. The predicted octanol–water partition coefficient (Wildman–Crippen LogP) is 6.76. The number of amides is 1. The lowest BCUT2D eigenvalue weighted by molar-refractivity contribution is -0.266. The summed E-state index contributed by atoms with van der Waals surface area (Å²) in [7, 11) is 4.55. The molecular weight excluding hydrogens is 943 g/mol. The molecule has 5 rings (SSSR count). The monoisotopic (exact) mass is 1030 g/mol. The summed E-state index contributed by atoms with van der Waals surface area (Å²) in [5, 5.41) is 23.6. The summed E-state index contributed by atoms with van der Waals surface area (Å²) in [6.45, 7) is 14.5.